The fraction of sp³-hybridized carbons (Fsp3) is 0.364. The summed E-state index contributed by atoms with van der Waals surface area (Å²) in [6, 6.07) is 13.9. The third-order valence-electron chi connectivity index (χ3n) is 5.30. The molecule has 1 aromatic carbocycles. The van der Waals surface area contributed by atoms with E-state index in [4.69, 9.17) is 4.74 Å². The first-order valence-corrected chi connectivity index (χ1v) is 9.88. The summed E-state index contributed by atoms with van der Waals surface area (Å²) in [5, 5.41) is 14.3. The van der Waals surface area contributed by atoms with Crippen molar-refractivity contribution in [2.45, 2.75) is 25.2 Å². The largest absolute Gasteiger partial charge is 0.486 e. The minimum absolute atomic E-state index is 0.445. The molecule has 7 heteroatoms. The van der Waals surface area contributed by atoms with Gasteiger partial charge < -0.3 is 24.6 Å². The Morgan fingerprint density at radius 2 is 2.00 bits per heavy atom. The van der Waals surface area contributed by atoms with Crippen molar-refractivity contribution in [2.24, 2.45) is 7.05 Å². The Hall–Kier alpha value is -2.90. The number of nitrogens with zero attached hydrogens (tertiary/aromatic N) is 4. The molecule has 0 saturated carbocycles. The lowest BCUT2D eigenvalue weighted by Crippen LogP contribution is -2.43. The summed E-state index contributed by atoms with van der Waals surface area (Å²) in [5.74, 6) is 2.63. The maximum Gasteiger partial charge on any atom is 0.146 e. The number of pyridine rings is 1. The summed E-state index contributed by atoms with van der Waals surface area (Å²) in [5.41, 5.74) is 0.417. The van der Waals surface area contributed by atoms with Gasteiger partial charge in [0.25, 0.3) is 0 Å². The number of anilines is 1. The van der Waals surface area contributed by atoms with Gasteiger partial charge in [0.1, 0.15) is 24.0 Å². The van der Waals surface area contributed by atoms with Crippen LogP contribution in [0.2, 0.25) is 0 Å². The van der Waals surface area contributed by atoms with Gasteiger partial charge in [0.05, 0.1) is 5.60 Å². The lowest BCUT2D eigenvalue weighted by molar-refractivity contribution is 0.0626. The molecule has 0 bridgehead atoms. The molecule has 0 amide bonds. The average Bonchev–Trinajstić information content (AvgIpc) is 3.34. The average molecular weight is 393 g/mol. The van der Waals surface area contributed by atoms with Gasteiger partial charge in [-0.05, 0) is 36.2 Å². The number of aryl methyl sites for hydroxylation is 1. The van der Waals surface area contributed by atoms with Gasteiger partial charge in [-0.15, -0.1) is 0 Å². The first kappa shape index (κ1) is 19.4. The fourth-order valence-corrected chi connectivity index (χ4v) is 3.56. The Bertz CT molecular complexity index is 912. The van der Waals surface area contributed by atoms with Crippen molar-refractivity contribution in [3.63, 3.8) is 0 Å². The molecule has 4 rings (SSSR count). The van der Waals surface area contributed by atoms with Crippen LogP contribution in [0, 0.1) is 0 Å². The molecule has 0 aliphatic carbocycles. The molecule has 3 heterocycles. The standard InChI is InChI=1S/C22H27N5O2/c1-26-13-11-25-21(26)15-29-19-7-5-18(6-8-19)14-23-16-22(28)9-12-27(17-22)20-4-2-3-10-24-20/h2-8,10-11,13,23,28H,9,12,14-17H2,1H3. The van der Waals surface area contributed by atoms with Gasteiger partial charge in [-0.25, -0.2) is 9.97 Å². The third kappa shape index (κ3) is 4.93. The number of nitrogens with one attached hydrogen (secondary N) is 1. The Balaban J connectivity index is 1.23. The van der Waals surface area contributed by atoms with E-state index in [9.17, 15) is 5.11 Å². The van der Waals surface area contributed by atoms with Crippen molar-refractivity contribution in [1.29, 1.82) is 0 Å². The van der Waals surface area contributed by atoms with Crippen molar-refractivity contribution in [3.05, 3.63) is 72.4 Å². The zero-order chi connectivity index (χ0) is 20.1. The monoisotopic (exact) mass is 393 g/mol. The van der Waals surface area contributed by atoms with Crippen molar-refractivity contribution in [1.82, 2.24) is 19.9 Å². The van der Waals surface area contributed by atoms with E-state index in [1.165, 1.54) is 0 Å². The van der Waals surface area contributed by atoms with Crippen molar-refractivity contribution < 1.29 is 9.84 Å². The van der Waals surface area contributed by atoms with E-state index in [2.05, 4.69) is 20.2 Å². The second kappa shape index (κ2) is 8.63. The molecule has 152 valence electrons. The zero-order valence-electron chi connectivity index (χ0n) is 16.7. The summed E-state index contributed by atoms with van der Waals surface area (Å²) < 4.78 is 7.73. The van der Waals surface area contributed by atoms with Crippen LogP contribution in [0.25, 0.3) is 0 Å². The molecular formula is C22H27N5O2. The number of hydrogen-bond acceptors (Lipinski definition) is 6. The maximum absolute atomic E-state index is 10.9. The van der Waals surface area contributed by atoms with Crippen LogP contribution in [0.5, 0.6) is 5.75 Å². The Morgan fingerprint density at radius 1 is 1.14 bits per heavy atom. The van der Waals surface area contributed by atoms with Crippen LogP contribution in [-0.2, 0) is 20.2 Å². The minimum Gasteiger partial charge on any atom is -0.486 e. The molecular weight excluding hydrogens is 366 g/mol. The molecule has 1 saturated heterocycles. The molecule has 1 atom stereocenters. The van der Waals surface area contributed by atoms with Crippen LogP contribution in [0.3, 0.4) is 0 Å². The summed E-state index contributed by atoms with van der Waals surface area (Å²) in [7, 11) is 1.95. The van der Waals surface area contributed by atoms with Crippen molar-refractivity contribution in [3.8, 4) is 5.75 Å². The number of β-amino-alcohol motifs (C(OH)–C–C–N with tert-alkyl or cyclic N) is 1. The van der Waals surface area contributed by atoms with E-state index in [1.807, 2.05) is 60.3 Å². The summed E-state index contributed by atoms with van der Waals surface area (Å²) in [6.45, 7) is 3.11. The molecule has 2 N–H and O–H groups in total. The number of imidazole rings is 1. The van der Waals surface area contributed by atoms with Crippen LogP contribution in [0.15, 0.2) is 61.1 Å². The molecule has 1 fully saturated rings. The van der Waals surface area contributed by atoms with Gasteiger partial charge in [0, 0.05) is 51.8 Å². The molecule has 3 aromatic rings. The van der Waals surface area contributed by atoms with Crippen LogP contribution in [0.1, 0.15) is 17.8 Å². The molecule has 2 aromatic heterocycles. The third-order valence-corrected chi connectivity index (χ3v) is 5.30. The van der Waals surface area contributed by atoms with E-state index in [-0.39, 0.29) is 0 Å². The Morgan fingerprint density at radius 3 is 2.72 bits per heavy atom. The number of benzene rings is 1. The minimum atomic E-state index is -0.733. The van der Waals surface area contributed by atoms with Gasteiger partial charge in [-0.1, -0.05) is 18.2 Å². The number of rotatable bonds is 8. The maximum atomic E-state index is 10.9. The van der Waals surface area contributed by atoms with Crippen LogP contribution >= 0.6 is 0 Å². The number of aliphatic hydroxyl groups is 1. The smallest absolute Gasteiger partial charge is 0.146 e. The molecule has 1 aliphatic rings. The second-order valence-electron chi connectivity index (χ2n) is 7.57. The summed E-state index contributed by atoms with van der Waals surface area (Å²) in [4.78, 5) is 10.8. The SMILES string of the molecule is Cn1ccnc1COc1ccc(CNCC2(O)CCN(c3ccccn3)C2)cc1. The van der Waals surface area contributed by atoms with E-state index < -0.39 is 5.60 Å². The first-order valence-electron chi connectivity index (χ1n) is 9.88. The Labute approximate surface area is 171 Å². The van der Waals surface area contributed by atoms with E-state index in [1.54, 1.807) is 12.4 Å². The van der Waals surface area contributed by atoms with Gasteiger partial charge in [-0.2, -0.15) is 0 Å². The molecule has 1 aliphatic heterocycles. The number of ether oxygens (including phenoxy) is 1. The highest BCUT2D eigenvalue weighted by Gasteiger charge is 2.36. The van der Waals surface area contributed by atoms with E-state index in [0.29, 0.717) is 26.2 Å². The lowest BCUT2D eigenvalue weighted by atomic mass is 10.0. The first-order chi connectivity index (χ1) is 14.1. The van der Waals surface area contributed by atoms with Gasteiger partial charge in [-0.3, -0.25) is 0 Å². The molecule has 1 unspecified atom stereocenters. The fourth-order valence-electron chi connectivity index (χ4n) is 3.56. The van der Waals surface area contributed by atoms with Gasteiger partial charge >= 0.3 is 0 Å². The van der Waals surface area contributed by atoms with Gasteiger partial charge in [0.2, 0.25) is 0 Å². The molecule has 29 heavy (non-hydrogen) atoms. The summed E-state index contributed by atoms with van der Waals surface area (Å²) >= 11 is 0. The zero-order valence-corrected chi connectivity index (χ0v) is 16.7. The molecule has 0 radical (unpaired) electrons. The molecule has 7 nitrogen and oxygen atoms in total. The normalized spacial score (nSPS) is 18.9. The van der Waals surface area contributed by atoms with Crippen LogP contribution in [-0.4, -0.2) is 44.9 Å². The van der Waals surface area contributed by atoms with Gasteiger partial charge in [0.15, 0.2) is 0 Å². The van der Waals surface area contributed by atoms with Crippen LogP contribution in [0.4, 0.5) is 5.82 Å². The number of hydrogen-bond donors (Lipinski definition) is 2. The van der Waals surface area contributed by atoms with Crippen molar-refractivity contribution >= 4 is 5.82 Å². The highest BCUT2D eigenvalue weighted by atomic mass is 16.5. The summed E-state index contributed by atoms with van der Waals surface area (Å²) in [6.07, 6.45) is 6.19. The van der Waals surface area contributed by atoms with Crippen molar-refractivity contribution in [2.75, 3.05) is 24.5 Å². The highest BCUT2D eigenvalue weighted by molar-refractivity contribution is 5.40. The quantitative estimate of drug-likeness (QED) is 0.611. The second-order valence-corrected chi connectivity index (χ2v) is 7.57. The van der Waals surface area contributed by atoms with E-state index >= 15 is 0 Å². The Kier molecular flexibility index (Phi) is 5.78. The lowest BCUT2D eigenvalue weighted by Gasteiger charge is -2.24. The number of aromatic nitrogens is 3. The predicted molar refractivity (Wildman–Crippen MR) is 112 cm³/mol. The molecule has 0 spiro atoms. The highest BCUT2D eigenvalue weighted by Crippen LogP contribution is 2.25. The van der Waals surface area contributed by atoms with E-state index in [0.717, 1.165) is 35.9 Å². The topological polar surface area (TPSA) is 75.4 Å². The van der Waals surface area contributed by atoms with Crippen LogP contribution < -0.4 is 15.0 Å². The predicted octanol–water partition coefficient (Wildman–Crippen LogP) is 2.13.